The van der Waals surface area contributed by atoms with Crippen molar-refractivity contribution in [2.75, 3.05) is 25.5 Å². The minimum atomic E-state index is -4.41. The summed E-state index contributed by atoms with van der Waals surface area (Å²) in [4.78, 5) is 15.2. The Hall–Kier alpha value is -3.20. The minimum Gasteiger partial charge on any atom is -0.361 e. The Morgan fingerprint density at radius 1 is 1.19 bits per heavy atom. The predicted octanol–water partition coefficient (Wildman–Crippen LogP) is 4.24. The van der Waals surface area contributed by atoms with E-state index in [-0.39, 0.29) is 5.56 Å². The number of aryl methyl sites for hydroxylation is 1. The highest BCUT2D eigenvalue weighted by molar-refractivity contribution is 5.91. The SMILES string of the molecule is C[C@@H](Nc1nncc2c1cc(C1=CCN(C)CC1)c(=O)n2C)c1cccc(C(F)(F)F)c1. The molecule has 9 heteroatoms. The van der Waals surface area contributed by atoms with Gasteiger partial charge in [0, 0.05) is 31.1 Å². The summed E-state index contributed by atoms with van der Waals surface area (Å²) < 4.78 is 40.9. The summed E-state index contributed by atoms with van der Waals surface area (Å²) in [5, 5.41) is 12.1. The van der Waals surface area contributed by atoms with Gasteiger partial charge in [-0.05, 0) is 49.7 Å². The summed E-state index contributed by atoms with van der Waals surface area (Å²) >= 11 is 0. The molecule has 3 heterocycles. The molecule has 0 bridgehead atoms. The van der Waals surface area contributed by atoms with Gasteiger partial charge in [0.1, 0.15) is 0 Å². The smallest absolute Gasteiger partial charge is 0.361 e. The van der Waals surface area contributed by atoms with Crippen molar-refractivity contribution >= 4 is 22.3 Å². The zero-order valence-corrected chi connectivity index (χ0v) is 18.1. The third kappa shape index (κ3) is 4.25. The molecule has 0 fully saturated rings. The van der Waals surface area contributed by atoms with E-state index >= 15 is 0 Å². The standard InChI is InChI=1S/C23H24F3N5O/c1-14(16-5-4-6-17(11-16)23(24,25)26)28-21-19-12-18(15-7-9-30(2)10-8-15)22(32)31(3)20(19)13-27-29-21/h4-7,11-14H,8-10H2,1-3H3,(H,28,29)/t14-/m1/s1. The molecule has 2 aromatic heterocycles. The summed E-state index contributed by atoms with van der Waals surface area (Å²) in [6.45, 7) is 3.39. The van der Waals surface area contributed by atoms with E-state index in [9.17, 15) is 18.0 Å². The van der Waals surface area contributed by atoms with E-state index in [2.05, 4.69) is 26.5 Å². The molecule has 0 saturated heterocycles. The molecule has 0 radical (unpaired) electrons. The van der Waals surface area contributed by atoms with Gasteiger partial charge in [0.2, 0.25) is 0 Å². The zero-order chi connectivity index (χ0) is 23.0. The predicted molar refractivity (Wildman–Crippen MR) is 118 cm³/mol. The van der Waals surface area contributed by atoms with Gasteiger partial charge >= 0.3 is 6.18 Å². The molecule has 168 valence electrons. The Bertz CT molecular complexity index is 1250. The van der Waals surface area contributed by atoms with E-state index < -0.39 is 17.8 Å². The van der Waals surface area contributed by atoms with E-state index in [4.69, 9.17) is 0 Å². The van der Waals surface area contributed by atoms with Crippen molar-refractivity contribution in [2.45, 2.75) is 25.6 Å². The number of rotatable bonds is 4. The van der Waals surface area contributed by atoms with Gasteiger partial charge in [-0.1, -0.05) is 18.2 Å². The van der Waals surface area contributed by atoms with Gasteiger partial charge in [0.15, 0.2) is 5.82 Å². The van der Waals surface area contributed by atoms with E-state index in [1.807, 2.05) is 13.1 Å². The third-order valence-electron chi connectivity index (χ3n) is 5.88. The molecule has 1 aliphatic rings. The number of nitrogens with one attached hydrogen (secondary N) is 1. The summed E-state index contributed by atoms with van der Waals surface area (Å²) in [6, 6.07) is 6.55. The van der Waals surface area contributed by atoms with Gasteiger partial charge in [0.25, 0.3) is 5.56 Å². The average molecular weight is 443 g/mol. The Kier molecular flexibility index (Phi) is 5.77. The number of anilines is 1. The first-order chi connectivity index (χ1) is 15.1. The Labute approximate surface area is 183 Å². The fourth-order valence-electron chi connectivity index (χ4n) is 3.92. The van der Waals surface area contributed by atoms with Gasteiger partial charge < -0.3 is 14.8 Å². The maximum Gasteiger partial charge on any atom is 0.416 e. The Morgan fingerprint density at radius 2 is 1.97 bits per heavy atom. The maximum absolute atomic E-state index is 13.1. The fraction of sp³-hybridized carbons (Fsp3) is 0.348. The van der Waals surface area contributed by atoms with Crippen LogP contribution in [0.4, 0.5) is 19.0 Å². The monoisotopic (exact) mass is 443 g/mol. The molecule has 0 amide bonds. The molecule has 6 nitrogen and oxygen atoms in total. The van der Waals surface area contributed by atoms with Gasteiger partial charge in [-0.2, -0.15) is 18.3 Å². The number of halogens is 3. The number of fused-ring (bicyclic) bond motifs is 1. The maximum atomic E-state index is 13.1. The van der Waals surface area contributed by atoms with Crippen molar-refractivity contribution in [1.29, 1.82) is 0 Å². The number of benzene rings is 1. The van der Waals surface area contributed by atoms with Crippen LogP contribution in [-0.2, 0) is 13.2 Å². The molecule has 0 unspecified atom stereocenters. The third-order valence-corrected chi connectivity index (χ3v) is 5.88. The second kappa shape index (κ2) is 8.38. The molecule has 3 aromatic rings. The Balaban J connectivity index is 1.74. The van der Waals surface area contributed by atoms with E-state index in [0.717, 1.165) is 37.2 Å². The number of likely N-dealkylation sites (N-methyl/N-ethyl adjacent to an activating group) is 1. The molecule has 32 heavy (non-hydrogen) atoms. The molecular weight excluding hydrogens is 419 g/mol. The van der Waals surface area contributed by atoms with Crippen LogP contribution in [0.5, 0.6) is 0 Å². The van der Waals surface area contributed by atoms with Gasteiger partial charge in [0.05, 0.1) is 23.3 Å². The first-order valence-corrected chi connectivity index (χ1v) is 10.3. The lowest BCUT2D eigenvalue weighted by Gasteiger charge is -2.22. The fourth-order valence-corrected chi connectivity index (χ4v) is 3.92. The van der Waals surface area contributed by atoms with E-state index in [0.29, 0.717) is 27.8 Å². The normalized spacial score (nSPS) is 16.1. The van der Waals surface area contributed by atoms with Crippen molar-refractivity contribution in [1.82, 2.24) is 19.7 Å². The number of nitrogens with zero attached hydrogens (tertiary/aromatic N) is 4. The van der Waals surface area contributed by atoms with Crippen LogP contribution < -0.4 is 10.9 Å². The lowest BCUT2D eigenvalue weighted by molar-refractivity contribution is -0.137. The van der Waals surface area contributed by atoms with Crippen LogP contribution in [0.1, 0.15) is 36.1 Å². The zero-order valence-electron chi connectivity index (χ0n) is 18.1. The molecule has 0 saturated carbocycles. The minimum absolute atomic E-state index is 0.113. The van der Waals surface area contributed by atoms with Crippen LogP contribution in [-0.4, -0.2) is 39.8 Å². The van der Waals surface area contributed by atoms with Gasteiger partial charge in [-0.15, -0.1) is 5.10 Å². The van der Waals surface area contributed by atoms with E-state index in [1.54, 1.807) is 24.6 Å². The van der Waals surface area contributed by atoms with Crippen LogP contribution in [0, 0.1) is 0 Å². The lowest BCUT2D eigenvalue weighted by Crippen LogP contribution is -2.27. The number of aromatic nitrogens is 3. The quantitative estimate of drug-likeness (QED) is 0.654. The highest BCUT2D eigenvalue weighted by Gasteiger charge is 2.30. The second-order valence-electron chi connectivity index (χ2n) is 8.15. The highest BCUT2D eigenvalue weighted by Crippen LogP contribution is 2.32. The first kappa shape index (κ1) is 22.0. The van der Waals surface area contributed by atoms with Crippen LogP contribution >= 0.6 is 0 Å². The van der Waals surface area contributed by atoms with E-state index in [1.165, 1.54) is 12.3 Å². The van der Waals surface area contributed by atoms with Gasteiger partial charge in [-0.3, -0.25) is 4.79 Å². The molecule has 0 aliphatic carbocycles. The Morgan fingerprint density at radius 3 is 2.66 bits per heavy atom. The molecule has 0 spiro atoms. The number of alkyl halides is 3. The van der Waals surface area contributed by atoms with Crippen molar-refractivity contribution < 1.29 is 13.2 Å². The number of pyridine rings is 1. The molecule has 4 rings (SSSR count). The van der Waals surface area contributed by atoms with Crippen LogP contribution in [0.2, 0.25) is 0 Å². The molecule has 1 N–H and O–H groups in total. The second-order valence-corrected chi connectivity index (χ2v) is 8.15. The molecule has 1 atom stereocenters. The van der Waals surface area contributed by atoms with Crippen LogP contribution in [0.15, 0.2) is 47.4 Å². The summed E-state index contributed by atoms with van der Waals surface area (Å²) in [7, 11) is 3.71. The molecular formula is C23H24F3N5O. The summed E-state index contributed by atoms with van der Waals surface area (Å²) in [5.41, 5.74) is 1.85. The highest BCUT2D eigenvalue weighted by atomic mass is 19.4. The summed E-state index contributed by atoms with van der Waals surface area (Å²) in [5.74, 6) is 0.415. The molecule has 1 aromatic carbocycles. The van der Waals surface area contributed by atoms with Crippen molar-refractivity contribution in [2.24, 2.45) is 7.05 Å². The number of hydrogen-bond donors (Lipinski definition) is 1. The average Bonchev–Trinajstić information content (AvgIpc) is 2.77. The summed E-state index contributed by atoms with van der Waals surface area (Å²) in [6.07, 6.45) is -0.0776. The van der Waals surface area contributed by atoms with Crippen molar-refractivity contribution in [3.63, 3.8) is 0 Å². The first-order valence-electron chi connectivity index (χ1n) is 10.3. The largest absolute Gasteiger partial charge is 0.416 e. The van der Waals surface area contributed by atoms with Crippen molar-refractivity contribution in [3.8, 4) is 0 Å². The lowest BCUT2D eigenvalue weighted by atomic mass is 9.99. The number of hydrogen-bond acceptors (Lipinski definition) is 5. The molecule has 1 aliphatic heterocycles. The van der Waals surface area contributed by atoms with Crippen LogP contribution in [0.3, 0.4) is 0 Å². The van der Waals surface area contributed by atoms with Gasteiger partial charge in [-0.25, -0.2) is 0 Å². The van der Waals surface area contributed by atoms with Crippen molar-refractivity contribution in [3.05, 3.63) is 69.6 Å². The van der Waals surface area contributed by atoms with Crippen LogP contribution in [0.25, 0.3) is 16.5 Å². The topological polar surface area (TPSA) is 63.1 Å².